The highest BCUT2D eigenvalue weighted by atomic mass is 79.9. The van der Waals surface area contributed by atoms with Crippen molar-refractivity contribution in [1.82, 2.24) is 15.0 Å². The van der Waals surface area contributed by atoms with Crippen LogP contribution in [-0.4, -0.2) is 15.0 Å². The molecule has 17 heavy (non-hydrogen) atoms. The number of nitrogens with zero attached hydrogens (tertiary/aromatic N) is 3. The van der Waals surface area contributed by atoms with Crippen molar-refractivity contribution in [3.63, 3.8) is 0 Å². The topological polar surface area (TPSA) is 30.7 Å². The zero-order valence-electron chi connectivity index (χ0n) is 9.68. The van der Waals surface area contributed by atoms with Crippen LogP contribution in [0, 0.1) is 5.92 Å². The molecule has 0 bridgehead atoms. The van der Waals surface area contributed by atoms with Gasteiger partial charge in [-0.05, 0) is 29.9 Å². The lowest BCUT2D eigenvalue weighted by Gasteiger charge is -2.12. The van der Waals surface area contributed by atoms with E-state index in [4.69, 9.17) is 0 Å². The van der Waals surface area contributed by atoms with E-state index >= 15 is 0 Å². The minimum absolute atomic E-state index is 0.445. The summed E-state index contributed by atoms with van der Waals surface area (Å²) in [5.74, 6) is 0.587. The number of halogens is 1. The van der Waals surface area contributed by atoms with E-state index in [2.05, 4.69) is 50.5 Å². The molecule has 1 aromatic carbocycles. The molecule has 1 aliphatic rings. The van der Waals surface area contributed by atoms with Gasteiger partial charge in [0.15, 0.2) is 0 Å². The van der Waals surface area contributed by atoms with Gasteiger partial charge in [0, 0.05) is 18.1 Å². The van der Waals surface area contributed by atoms with E-state index in [0.717, 1.165) is 18.5 Å². The lowest BCUT2D eigenvalue weighted by molar-refractivity contribution is 0.546. The molecule has 0 fully saturated rings. The highest BCUT2D eigenvalue weighted by Gasteiger charge is 2.30. The maximum absolute atomic E-state index is 4.17. The fraction of sp³-hybridized carbons (Fsp3) is 0.385. The predicted molar refractivity (Wildman–Crippen MR) is 70.0 cm³/mol. The van der Waals surface area contributed by atoms with E-state index in [0.29, 0.717) is 10.7 Å². The Kier molecular flexibility index (Phi) is 2.74. The number of fused-ring (bicyclic) bond motifs is 1. The molecule has 1 heterocycles. The normalized spacial score (nSPS) is 22.7. The molecule has 2 atom stereocenters. The Morgan fingerprint density at radius 1 is 1.41 bits per heavy atom. The van der Waals surface area contributed by atoms with Crippen molar-refractivity contribution in [2.24, 2.45) is 13.0 Å². The molecule has 0 aliphatic heterocycles. The van der Waals surface area contributed by atoms with Gasteiger partial charge in [-0.3, -0.25) is 4.68 Å². The lowest BCUT2D eigenvalue weighted by Crippen LogP contribution is -2.06. The van der Waals surface area contributed by atoms with E-state index in [9.17, 15) is 0 Å². The molecule has 2 aromatic rings. The Bertz CT molecular complexity index is 535. The third-order valence-electron chi connectivity index (χ3n) is 3.37. The van der Waals surface area contributed by atoms with Gasteiger partial charge in [0.25, 0.3) is 0 Å². The molecule has 0 spiro atoms. The Morgan fingerprint density at radius 3 is 2.94 bits per heavy atom. The van der Waals surface area contributed by atoms with Gasteiger partial charge in [0.05, 0.1) is 5.69 Å². The Morgan fingerprint density at radius 2 is 2.24 bits per heavy atom. The first-order chi connectivity index (χ1) is 8.24. The van der Waals surface area contributed by atoms with Crippen LogP contribution in [0.4, 0.5) is 0 Å². The third-order valence-corrected chi connectivity index (χ3v) is 4.61. The SMILES string of the molecule is Cn1cc(CC2Cc3ccccc3C2Br)nn1. The maximum atomic E-state index is 4.17. The fourth-order valence-electron chi connectivity index (χ4n) is 2.56. The van der Waals surface area contributed by atoms with Crippen molar-refractivity contribution >= 4 is 15.9 Å². The fourth-order valence-corrected chi connectivity index (χ4v) is 3.38. The number of aryl methyl sites for hydroxylation is 1. The zero-order valence-corrected chi connectivity index (χ0v) is 11.3. The van der Waals surface area contributed by atoms with Crippen LogP contribution in [0.3, 0.4) is 0 Å². The second-order valence-electron chi connectivity index (χ2n) is 4.65. The standard InChI is InChI=1S/C13H14BrN3/c1-17-8-11(15-16-17)7-10-6-9-4-2-3-5-12(9)13(10)14/h2-5,8,10,13H,6-7H2,1H3. The summed E-state index contributed by atoms with van der Waals surface area (Å²) in [6.07, 6.45) is 4.11. The highest BCUT2D eigenvalue weighted by molar-refractivity contribution is 9.09. The van der Waals surface area contributed by atoms with E-state index in [1.165, 1.54) is 11.1 Å². The zero-order chi connectivity index (χ0) is 11.8. The van der Waals surface area contributed by atoms with Crippen LogP contribution < -0.4 is 0 Å². The number of aromatic nitrogens is 3. The Labute approximate surface area is 109 Å². The monoisotopic (exact) mass is 291 g/mol. The van der Waals surface area contributed by atoms with Crippen LogP contribution in [0.25, 0.3) is 0 Å². The second-order valence-corrected chi connectivity index (χ2v) is 5.64. The maximum Gasteiger partial charge on any atom is 0.0830 e. The van der Waals surface area contributed by atoms with Crippen molar-refractivity contribution in [2.45, 2.75) is 17.7 Å². The predicted octanol–water partition coefficient (Wildman–Crippen LogP) is 2.67. The molecular weight excluding hydrogens is 278 g/mol. The number of alkyl halides is 1. The quantitative estimate of drug-likeness (QED) is 0.797. The molecule has 3 rings (SSSR count). The van der Waals surface area contributed by atoms with Crippen LogP contribution in [0.1, 0.15) is 21.6 Å². The lowest BCUT2D eigenvalue weighted by atomic mass is 10.0. The van der Waals surface area contributed by atoms with Crippen molar-refractivity contribution in [3.05, 3.63) is 47.3 Å². The summed E-state index contributed by atoms with van der Waals surface area (Å²) in [5, 5.41) is 8.15. The molecule has 88 valence electrons. The Balaban J connectivity index is 1.80. The molecule has 4 heteroatoms. The molecule has 1 aromatic heterocycles. The highest BCUT2D eigenvalue weighted by Crippen LogP contribution is 2.43. The van der Waals surface area contributed by atoms with E-state index in [1.54, 1.807) is 4.68 Å². The van der Waals surface area contributed by atoms with Crippen LogP contribution in [0.15, 0.2) is 30.5 Å². The summed E-state index contributed by atoms with van der Waals surface area (Å²) in [7, 11) is 1.91. The van der Waals surface area contributed by atoms with Gasteiger partial charge >= 0.3 is 0 Å². The van der Waals surface area contributed by atoms with Crippen molar-refractivity contribution < 1.29 is 0 Å². The minimum Gasteiger partial charge on any atom is -0.255 e. The molecule has 0 radical (unpaired) electrons. The van der Waals surface area contributed by atoms with Crippen LogP contribution >= 0.6 is 15.9 Å². The van der Waals surface area contributed by atoms with Gasteiger partial charge in [-0.1, -0.05) is 45.4 Å². The van der Waals surface area contributed by atoms with Gasteiger partial charge < -0.3 is 0 Å². The molecule has 2 unspecified atom stereocenters. The first-order valence-corrected chi connectivity index (χ1v) is 6.72. The number of hydrogen-bond donors (Lipinski definition) is 0. The molecule has 0 amide bonds. The third kappa shape index (κ3) is 2.02. The summed E-state index contributed by atoms with van der Waals surface area (Å²) >= 11 is 3.81. The van der Waals surface area contributed by atoms with E-state index < -0.39 is 0 Å². The molecule has 3 nitrogen and oxygen atoms in total. The summed E-state index contributed by atoms with van der Waals surface area (Å²) in [4.78, 5) is 0.445. The van der Waals surface area contributed by atoms with Crippen molar-refractivity contribution in [1.29, 1.82) is 0 Å². The first kappa shape index (κ1) is 11.0. The van der Waals surface area contributed by atoms with E-state index in [-0.39, 0.29) is 0 Å². The van der Waals surface area contributed by atoms with Crippen LogP contribution in [0.2, 0.25) is 0 Å². The summed E-state index contributed by atoms with van der Waals surface area (Å²) in [5.41, 5.74) is 3.97. The summed E-state index contributed by atoms with van der Waals surface area (Å²) < 4.78 is 1.76. The molecule has 0 saturated carbocycles. The van der Waals surface area contributed by atoms with Crippen molar-refractivity contribution in [3.8, 4) is 0 Å². The van der Waals surface area contributed by atoms with Gasteiger partial charge in [-0.25, -0.2) is 0 Å². The summed E-state index contributed by atoms with van der Waals surface area (Å²) in [6.45, 7) is 0. The Hall–Kier alpha value is -1.16. The van der Waals surface area contributed by atoms with Crippen LogP contribution in [-0.2, 0) is 19.9 Å². The number of rotatable bonds is 2. The van der Waals surface area contributed by atoms with E-state index in [1.807, 2.05) is 13.2 Å². The molecule has 0 saturated heterocycles. The summed E-state index contributed by atoms with van der Waals surface area (Å²) in [6, 6.07) is 8.66. The minimum atomic E-state index is 0.445. The largest absolute Gasteiger partial charge is 0.255 e. The number of hydrogen-bond acceptors (Lipinski definition) is 2. The first-order valence-electron chi connectivity index (χ1n) is 5.81. The van der Waals surface area contributed by atoms with Gasteiger partial charge in [-0.15, -0.1) is 5.10 Å². The van der Waals surface area contributed by atoms with Crippen molar-refractivity contribution in [2.75, 3.05) is 0 Å². The second kappa shape index (κ2) is 4.26. The van der Waals surface area contributed by atoms with Gasteiger partial charge in [0.2, 0.25) is 0 Å². The number of benzene rings is 1. The van der Waals surface area contributed by atoms with Gasteiger partial charge in [0.1, 0.15) is 0 Å². The molecule has 1 aliphatic carbocycles. The molecule has 0 N–H and O–H groups in total. The average Bonchev–Trinajstić information content (AvgIpc) is 2.86. The molecular formula is C13H14BrN3. The average molecular weight is 292 g/mol. The smallest absolute Gasteiger partial charge is 0.0830 e. The van der Waals surface area contributed by atoms with Gasteiger partial charge in [-0.2, -0.15) is 0 Å². The van der Waals surface area contributed by atoms with Crippen LogP contribution in [0.5, 0.6) is 0 Å².